The van der Waals surface area contributed by atoms with Crippen LogP contribution >= 0.6 is 0 Å². The van der Waals surface area contributed by atoms with Gasteiger partial charge in [-0.2, -0.15) is 0 Å². The zero-order valence-electron chi connectivity index (χ0n) is 13.2. The molecular formula is C18H22N2O3. The standard InChI is InChI=1S/C18H22N2O3/c1-3-15(12-19-7-1)23-17-11-18(22-14-17)5-8-20(9-6-18)13-16-4-2-10-21-16/h1-4,7,10,12,17H,5-6,8-9,11,13-14H2. The van der Waals surface area contributed by atoms with Crippen molar-refractivity contribution >= 4 is 0 Å². The van der Waals surface area contributed by atoms with Crippen molar-refractivity contribution in [2.24, 2.45) is 0 Å². The molecule has 4 rings (SSSR count). The minimum atomic E-state index is -0.00740. The fourth-order valence-corrected chi connectivity index (χ4v) is 3.58. The monoisotopic (exact) mass is 314 g/mol. The number of hydrogen-bond donors (Lipinski definition) is 0. The predicted molar refractivity (Wildman–Crippen MR) is 85.2 cm³/mol. The molecule has 1 spiro atoms. The second kappa shape index (κ2) is 6.34. The highest BCUT2D eigenvalue weighted by molar-refractivity contribution is 5.16. The Labute approximate surface area is 136 Å². The van der Waals surface area contributed by atoms with Crippen molar-refractivity contribution in [3.63, 3.8) is 0 Å². The third-order valence-corrected chi connectivity index (χ3v) is 4.84. The molecule has 0 aromatic carbocycles. The van der Waals surface area contributed by atoms with Gasteiger partial charge < -0.3 is 13.9 Å². The fourth-order valence-electron chi connectivity index (χ4n) is 3.58. The second-order valence-corrected chi connectivity index (χ2v) is 6.48. The minimum Gasteiger partial charge on any atom is -0.486 e. The summed E-state index contributed by atoms with van der Waals surface area (Å²) in [6.07, 6.45) is 8.47. The molecule has 2 aromatic heterocycles. The van der Waals surface area contributed by atoms with Crippen molar-refractivity contribution in [2.75, 3.05) is 19.7 Å². The number of furan rings is 1. The van der Waals surface area contributed by atoms with Crippen LogP contribution in [-0.2, 0) is 11.3 Å². The second-order valence-electron chi connectivity index (χ2n) is 6.48. The number of hydrogen-bond acceptors (Lipinski definition) is 5. The third-order valence-electron chi connectivity index (χ3n) is 4.84. The predicted octanol–water partition coefficient (Wildman–Crippen LogP) is 2.88. The molecule has 5 heteroatoms. The summed E-state index contributed by atoms with van der Waals surface area (Å²) in [5, 5.41) is 0. The molecule has 2 aliphatic heterocycles. The van der Waals surface area contributed by atoms with Gasteiger partial charge in [0.15, 0.2) is 0 Å². The van der Waals surface area contributed by atoms with Gasteiger partial charge in [0.2, 0.25) is 0 Å². The summed E-state index contributed by atoms with van der Waals surface area (Å²) in [7, 11) is 0. The van der Waals surface area contributed by atoms with E-state index in [2.05, 4.69) is 9.88 Å². The van der Waals surface area contributed by atoms with E-state index in [1.54, 1.807) is 18.7 Å². The summed E-state index contributed by atoms with van der Waals surface area (Å²) in [4.78, 5) is 6.53. The molecule has 23 heavy (non-hydrogen) atoms. The summed E-state index contributed by atoms with van der Waals surface area (Å²) in [6, 6.07) is 7.83. The lowest BCUT2D eigenvalue weighted by Crippen LogP contribution is -2.44. The number of ether oxygens (including phenoxy) is 2. The van der Waals surface area contributed by atoms with Crippen LogP contribution in [0.1, 0.15) is 25.0 Å². The van der Waals surface area contributed by atoms with Crippen molar-refractivity contribution in [2.45, 2.75) is 37.5 Å². The number of piperidine rings is 1. The first kappa shape index (κ1) is 14.7. The molecule has 0 amide bonds. The molecule has 122 valence electrons. The molecule has 2 aromatic rings. The number of nitrogens with zero attached hydrogens (tertiary/aromatic N) is 2. The topological polar surface area (TPSA) is 47.7 Å². The number of pyridine rings is 1. The first-order chi connectivity index (χ1) is 11.3. The maximum atomic E-state index is 6.15. The Morgan fingerprint density at radius 1 is 1.26 bits per heavy atom. The molecule has 0 aliphatic carbocycles. The Morgan fingerprint density at radius 3 is 2.91 bits per heavy atom. The van der Waals surface area contributed by atoms with Crippen LogP contribution in [0.3, 0.4) is 0 Å². The van der Waals surface area contributed by atoms with E-state index in [-0.39, 0.29) is 11.7 Å². The molecule has 1 atom stereocenters. The molecule has 1 unspecified atom stereocenters. The third kappa shape index (κ3) is 3.41. The zero-order chi connectivity index (χ0) is 15.5. The van der Waals surface area contributed by atoms with E-state index >= 15 is 0 Å². The molecule has 2 aliphatic rings. The van der Waals surface area contributed by atoms with E-state index in [1.165, 1.54) is 0 Å². The van der Waals surface area contributed by atoms with Gasteiger partial charge in [-0.3, -0.25) is 9.88 Å². The maximum absolute atomic E-state index is 6.15. The molecule has 2 fully saturated rings. The molecule has 4 heterocycles. The van der Waals surface area contributed by atoms with Crippen molar-refractivity contribution in [3.05, 3.63) is 48.7 Å². The average molecular weight is 314 g/mol. The van der Waals surface area contributed by atoms with E-state index in [4.69, 9.17) is 13.9 Å². The SMILES string of the molecule is c1cncc(OC2COC3(CCN(Cc4ccco4)CC3)C2)c1. The van der Waals surface area contributed by atoms with Crippen LogP contribution in [0.2, 0.25) is 0 Å². The Balaban J connectivity index is 1.29. The average Bonchev–Trinajstić information content (AvgIpc) is 3.22. The molecule has 5 nitrogen and oxygen atoms in total. The Bertz CT molecular complexity index is 606. The van der Waals surface area contributed by atoms with Gasteiger partial charge in [-0.25, -0.2) is 0 Å². The van der Waals surface area contributed by atoms with E-state index < -0.39 is 0 Å². The van der Waals surface area contributed by atoms with Gasteiger partial charge in [-0.05, 0) is 37.1 Å². The summed E-state index contributed by atoms with van der Waals surface area (Å²) in [5.41, 5.74) is -0.00740. The van der Waals surface area contributed by atoms with Crippen molar-refractivity contribution in [1.82, 2.24) is 9.88 Å². The fraction of sp³-hybridized carbons (Fsp3) is 0.500. The Kier molecular flexibility index (Phi) is 4.06. The number of likely N-dealkylation sites (tertiary alicyclic amines) is 1. The van der Waals surface area contributed by atoms with E-state index in [0.717, 1.165) is 50.4 Å². The lowest BCUT2D eigenvalue weighted by atomic mass is 9.88. The van der Waals surface area contributed by atoms with Crippen LogP contribution in [0.4, 0.5) is 0 Å². The van der Waals surface area contributed by atoms with Gasteiger partial charge in [0.25, 0.3) is 0 Å². The smallest absolute Gasteiger partial charge is 0.138 e. The molecule has 0 saturated carbocycles. The van der Waals surface area contributed by atoms with Crippen molar-refractivity contribution in [1.29, 1.82) is 0 Å². The molecule has 0 N–H and O–H groups in total. The van der Waals surface area contributed by atoms with Crippen LogP contribution in [0.5, 0.6) is 5.75 Å². The molecule has 0 radical (unpaired) electrons. The van der Waals surface area contributed by atoms with Gasteiger partial charge in [0.05, 0.1) is 31.2 Å². The highest BCUT2D eigenvalue weighted by Crippen LogP contribution is 2.37. The normalized spacial score (nSPS) is 24.1. The molecule has 2 saturated heterocycles. The van der Waals surface area contributed by atoms with E-state index in [1.807, 2.05) is 24.3 Å². The van der Waals surface area contributed by atoms with Crippen molar-refractivity contribution < 1.29 is 13.9 Å². The quantitative estimate of drug-likeness (QED) is 0.868. The van der Waals surface area contributed by atoms with Gasteiger partial charge in [-0.15, -0.1) is 0 Å². The van der Waals surface area contributed by atoms with Crippen LogP contribution in [0.25, 0.3) is 0 Å². The largest absolute Gasteiger partial charge is 0.486 e. The lowest BCUT2D eigenvalue weighted by Gasteiger charge is -2.38. The number of rotatable bonds is 4. The summed E-state index contributed by atoms with van der Waals surface area (Å²) in [6.45, 7) is 3.65. The van der Waals surface area contributed by atoms with Crippen LogP contribution in [0.15, 0.2) is 47.3 Å². The lowest BCUT2D eigenvalue weighted by molar-refractivity contribution is -0.0463. The van der Waals surface area contributed by atoms with Gasteiger partial charge in [0.1, 0.15) is 17.6 Å². The zero-order valence-corrected chi connectivity index (χ0v) is 13.2. The van der Waals surface area contributed by atoms with Gasteiger partial charge in [0, 0.05) is 25.7 Å². The highest BCUT2D eigenvalue weighted by Gasteiger charge is 2.43. The summed E-state index contributed by atoms with van der Waals surface area (Å²) < 4.78 is 17.6. The van der Waals surface area contributed by atoms with Gasteiger partial charge >= 0.3 is 0 Å². The minimum absolute atomic E-state index is 0.00740. The van der Waals surface area contributed by atoms with Crippen LogP contribution < -0.4 is 4.74 Å². The highest BCUT2D eigenvalue weighted by atomic mass is 16.6. The molecular weight excluding hydrogens is 292 g/mol. The maximum Gasteiger partial charge on any atom is 0.138 e. The van der Waals surface area contributed by atoms with Gasteiger partial charge in [-0.1, -0.05) is 0 Å². The summed E-state index contributed by atoms with van der Waals surface area (Å²) in [5.74, 6) is 1.86. The Hall–Kier alpha value is -1.85. The van der Waals surface area contributed by atoms with Crippen LogP contribution in [-0.4, -0.2) is 41.3 Å². The Morgan fingerprint density at radius 2 is 2.17 bits per heavy atom. The number of aromatic nitrogens is 1. The van der Waals surface area contributed by atoms with E-state index in [0.29, 0.717) is 6.61 Å². The van der Waals surface area contributed by atoms with Crippen LogP contribution in [0, 0.1) is 0 Å². The van der Waals surface area contributed by atoms with Crippen molar-refractivity contribution in [3.8, 4) is 5.75 Å². The molecule has 0 bridgehead atoms. The summed E-state index contributed by atoms with van der Waals surface area (Å²) >= 11 is 0. The van der Waals surface area contributed by atoms with E-state index in [9.17, 15) is 0 Å². The first-order valence-corrected chi connectivity index (χ1v) is 8.27. The first-order valence-electron chi connectivity index (χ1n) is 8.27.